The third kappa shape index (κ3) is 2.76. The standard InChI is InChI=1S/C14H21N5O/c1-17-3-5-19(6-4-17)10-12-7-13-11(8-15-12)9-18(2)14(20)16-13/h7-8H,3-6,9-10H2,1-2H3,(H,16,20). The second kappa shape index (κ2) is 5.38. The highest BCUT2D eigenvalue weighted by Gasteiger charge is 2.21. The summed E-state index contributed by atoms with van der Waals surface area (Å²) in [4.78, 5) is 22.6. The number of aromatic nitrogens is 1. The zero-order valence-corrected chi connectivity index (χ0v) is 12.1. The molecule has 1 aromatic heterocycles. The van der Waals surface area contributed by atoms with Crippen LogP contribution in [-0.4, -0.2) is 66.0 Å². The van der Waals surface area contributed by atoms with Crippen molar-refractivity contribution in [3.05, 3.63) is 23.5 Å². The van der Waals surface area contributed by atoms with Gasteiger partial charge in [0.15, 0.2) is 0 Å². The summed E-state index contributed by atoms with van der Waals surface area (Å²) < 4.78 is 0. The van der Waals surface area contributed by atoms with Gasteiger partial charge in [0, 0.05) is 51.5 Å². The van der Waals surface area contributed by atoms with E-state index in [1.165, 1.54) is 0 Å². The van der Waals surface area contributed by atoms with E-state index in [-0.39, 0.29) is 6.03 Å². The average Bonchev–Trinajstić information content (AvgIpc) is 2.43. The molecule has 108 valence electrons. The van der Waals surface area contributed by atoms with Gasteiger partial charge in [0.25, 0.3) is 0 Å². The van der Waals surface area contributed by atoms with E-state index in [1.807, 2.05) is 12.3 Å². The molecule has 20 heavy (non-hydrogen) atoms. The lowest BCUT2D eigenvalue weighted by atomic mass is 10.1. The number of urea groups is 1. The van der Waals surface area contributed by atoms with Crippen LogP contribution in [0.2, 0.25) is 0 Å². The van der Waals surface area contributed by atoms with Crippen LogP contribution in [0.15, 0.2) is 12.3 Å². The van der Waals surface area contributed by atoms with Gasteiger partial charge in [-0.25, -0.2) is 4.79 Å². The first-order chi connectivity index (χ1) is 9.61. The quantitative estimate of drug-likeness (QED) is 0.867. The van der Waals surface area contributed by atoms with E-state index in [9.17, 15) is 4.79 Å². The molecule has 6 heteroatoms. The number of pyridine rings is 1. The predicted octanol–water partition coefficient (Wildman–Crippen LogP) is 0.806. The van der Waals surface area contributed by atoms with Crippen molar-refractivity contribution in [2.75, 3.05) is 45.6 Å². The average molecular weight is 275 g/mol. The first-order valence-electron chi connectivity index (χ1n) is 7.02. The highest BCUT2D eigenvalue weighted by Crippen LogP contribution is 2.22. The first kappa shape index (κ1) is 13.3. The maximum absolute atomic E-state index is 11.7. The smallest absolute Gasteiger partial charge is 0.321 e. The lowest BCUT2D eigenvalue weighted by molar-refractivity contribution is 0.147. The summed E-state index contributed by atoms with van der Waals surface area (Å²) in [5.41, 5.74) is 3.01. The third-order valence-electron chi connectivity index (χ3n) is 4.02. The highest BCUT2D eigenvalue weighted by atomic mass is 16.2. The molecule has 0 aliphatic carbocycles. The molecule has 0 atom stereocenters. The van der Waals surface area contributed by atoms with Gasteiger partial charge in [-0.2, -0.15) is 0 Å². The van der Waals surface area contributed by atoms with Crippen LogP contribution in [0.1, 0.15) is 11.3 Å². The number of hydrogen-bond donors (Lipinski definition) is 1. The van der Waals surface area contributed by atoms with E-state index in [4.69, 9.17) is 0 Å². The summed E-state index contributed by atoms with van der Waals surface area (Å²) in [5.74, 6) is 0. The Labute approximate surface area is 119 Å². The van der Waals surface area contributed by atoms with Gasteiger partial charge < -0.3 is 15.1 Å². The van der Waals surface area contributed by atoms with Crippen LogP contribution in [0.5, 0.6) is 0 Å². The minimum absolute atomic E-state index is 0.0470. The van der Waals surface area contributed by atoms with Gasteiger partial charge in [-0.05, 0) is 13.1 Å². The molecule has 0 bridgehead atoms. The van der Waals surface area contributed by atoms with Crippen molar-refractivity contribution in [2.24, 2.45) is 0 Å². The van der Waals surface area contributed by atoms with Gasteiger partial charge in [-0.1, -0.05) is 0 Å². The van der Waals surface area contributed by atoms with Crippen molar-refractivity contribution in [1.82, 2.24) is 19.7 Å². The molecule has 0 aromatic carbocycles. The predicted molar refractivity (Wildman–Crippen MR) is 77.5 cm³/mol. The molecule has 0 saturated carbocycles. The Hall–Kier alpha value is -1.66. The number of carbonyl (C=O) groups excluding carboxylic acids is 1. The van der Waals surface area contributed by atoms with Gasteiger partial charge in [-0.15, -0.1) is 0 Å². The van der Waals surface area contributed by atoms with Crippen molar-refractivity contribution in [3.63, 3.8) is 0 Å². The molecule has 0 radical (unpaired) electrons. The molecule has 1 N–H and O–H groups in total. The Morgan fingerprint density at radius 1 is 1.25 bits per heavy atom. The number of amides is 2. The zero-order chi connectivity index (χ0) is 14.1. The van der Waals surface area contributed by atoms with Gasteiger partial charge >= 0.3 is 6.03 Å². The number of piperazine rings is 1. The van der Waals surface area contributed by atoms with Gasteiger partial charge in [0.2, 0.25) is 0 Å². The molecule has 1 saturated heterocycles. The van der Waals surface area contributed by atoms with Crippen LogP contribution in [-0.2, 0) is 13.1 Å². The second-order valence-electron chi connectivity index (χ2n) is 5.70. The third-order valence-corrected chi connectivity index (χ3v) is 4.02. The fourth-order valence-corrected chi connectivity index (χ4v) is 2.63. The van der Waals surface area contributed by atoms with Crippen molar-refractivity contribution in [3.8, 4) is 0 Å². The molecular weight excluding hydrogens is 254 g/mol. The number of likely N-dealkylation sites (N-methyl/N-ethyl adjacent to an activating group) is 1. The Morgan fingerprint density at radius 3 is 2.75 bits per heavy atom. The molecule has 1 fully saturated rings. The van der Waals surface area contributed by atoms with Crippen molar-refractivity contribution < 1.29 is 4.79 Å². The summed E-state index contributed by atoms with van der Waals surface area (Å²) in [7, 11) is 3.94. The van der Waals surface area contributed by atoms with Crippen molar-refractivity contribution in [2.45, 2.75) is 13.1 Å². The molecule has 1 aromatic rings. The van der Waals surface area contributed by atoms with E-state index in [1.54, 1.807) is 11.9 Å². The Balaban J connectivity index is 1.69. The monoisotopic (exact) mass is 275 g/mol. The van der Waals surface area contributed by atoms with Crippen LogP contribution < -0.4 is 5.32 Å². The number of nitrogens with one attached hydrogen (secondary N) is 1. The molecule has 2 aliphatic rings. The SMILES string of the molecule is CN1CCN(Cc2cc3c(cn2)CN(C)C(=O)N3)CC1. The molecule has 2 aliphatic heterocycles. The molecule has 3 rings (SSSR count). The van der Waals surface area contributed by atoms with Crippen molar-refractivity contribution in [1.29, 1.82) is 0 Å². The number of carbonyl (C=O) groups is 1. The van der Waals surface area contributed by atoms with E-state index in [0.29, 0.717) is 6.54 Å². The van der Waals surface area contributed by atoms with Crippen LogP contribution in [0.25, 0.3) is 0 Å². The summed E-state index contributed by atoms with van der Waals surface area (Å²) >= 11 is 0. The second-order valence-corrected chi connectivity index (χ2v) is 5.70. The Bertz CT molecular complexity index is 510. The fourth-order valence-electron chi connectivity index (χ4n) is 2.63. The summed E-state index contributed by atoms with van der Waals surface area (Å²) in [6.07, 6.45) is 1.89. The van der Waals surface area contributed by atoms with Crippen LogP contribution in [0, 0.1) is 0 Å². The normalized spacial score (nSPS) is 20.7. The van der Waals surface area contributed by atoms with E-state index in [0.717, 1.165) is 49.7 Å². The molecule has 0 spiro atoms. The van der Waals surface area contributed by atoms with Crippen molar-refractivity contribution >= 4 is 11.7 Å². The highest BCUT2D eigenvalue weighted by molar-refractivity contribution is 5.92. The maximum atomic E-state index is 11.7. The Morgan fingerprint density at radius 2 is 2.00 bits per heavy atom. The lowest BCUT2D eigenvalue weighted by Gasteiger charge is -2.32. The number of rotatable bonds is 2. The van der Waals surface area contributed by atoms with Crippen LogP contribution >= 0.6 is 0 Å². The number of anilines is 1. The summed E-state index contributed by atoms with van der Waals surface area (Å²) in [6, 6.07) is 1.97. The number of nitrogens with zero attached hydrogens (tertiary/aromatic N) is 4. The molecule has 2 amide bonds. The van der Waals surface area contributed by atoms with Gasteiger partial charge in [-0.3, -0.25) is 9.88 Å². The molecule has 3 heterocycles. The number of hydrogen-bond acceptors (Lipinski definition) is 4. The first-order valence-corrected chi connectivity index (χ1v) is 7.02. The fraction of sp³-hybridized carbons (Fsp3) is 0.571. The minimum atomic E-state index is -0.0470. The lowest BCUT2D eigenvalue weighted by Crippen LogP contribution is -2.44. The zero-order valence-electron chi connectivity index (χ0n) is 12.1. The van der Waals surface area contributed by atoms with Crippen LogP contribution in [0.3, 0.4) is 0 Å². The van der Waals surface area contributed by atoms with E-state index >= 15 is 0 Å². The molecular formula is C14H21N5O. The van der Waals surface area contributed by atoms with E-state index < -0.39 is 0 Å². The van der Waals surface area contributed by atoms with Gasteiger partial charge in [0.05, 0.1) is 17.9 Å². The Kier molecular flexibility index (Phi) is 3.58. The summed E-state index contributed by atoms with van der Waals surface area (Å²) in [6.45, 7) is 5.84. The topological polar surface area (TPSA) is 51.7 Å². The largest absolute Gasteiger partial charge is 0.323 e. The molecule has 6 nitrogen and oxygen atoms in total. The maximum Gasteiger partial charge on any atom is 0.321 e. The van der Waals surface area contributed by atoms with Gasteiger partial charge in [0.1, 0.15) is 0 Å². The van der Waals surface area contributed by atoms with E-state index in [2.05, 4.69) is 27.1 Å². The summed E-state index contributed by atoms with van der Waals surface area (Å²) in [5, 5.41) is 2.91. The minimum Gasteiger partial charge on any atom is -0.323 e. The van der Waals surface area contributed by atoms with Crippen LogP contribution in [0.4, 0.5) is 10.5 Å². The number of fused-ring (bicyclic) bond motifs is 1. The molecule has 0 unspecified atom stereocenters.